The first-order valence-corrected chi connectivity index (χ1v) is 8.78. The number of hydrogen-bond donors (Lipinski definition) is 1. The van der Waals surface area contributed by atoms with Crippen LogP contribution in [0.3, 0.4) is 0 Å². The van der Waals surface area contributed by atoms with E-state index in [0.717, 1.165) is 24.4 Å². The first kappa shape index (κ1) is 19.8. The van der Waals surface area contributed by atoms with Gasteiger partial charge in [-0.1, -0.05) is 26.0 Å². The molecule has 1 unspecified atom stereocenters. The molecule has 0 saturated heterocycles. The minimum absolute atomic E-state index is 0.0540. The number of amides is 1. The molecule has 1 heterocycles. The van der Waals surface area contributed by atoms with E-state index in [-0.39, 0.29) is 18.6 Å². The number of nitrogens with zero attached hydrogens (tertiary/aromatic N) is 2. The van der Waals surface area contributed by atoms with Crippen molar-refractivity contribution in [3.8, 4) is 11.6 Å². The molecule has 2 aromatic rings. The van der Waals surface area contributed by atoms with E-state index in [1.165, 1.54) is 0 Å². The number of rotatable bonds is 10. The van der Waals surface area contributed by atoms with Gasteiger partial charge in [-0.05, 0) is 42.9 Å². The minimum atomic E-state index is -0.203. The topological polar surface area (TPSA) is 76.8 Å². The molecule has 0 fully saturated rings. The summed E-state index contributed by atoms with van der Waals surface area (Å²) in [6, 6.07) is 9.62. The number of benzene rings is 1. The molecule has 1 N–H and O–H groups in total. The molecule has 26 heavy (non-hydrogen) atoms. The van der Waals surface area contributed by atoms with Crippen LogP contribution in [0.4, 0.5) is 0 Å². The highest BCUT2D eigenvalue weighted by molar-refractivity contribution is 5.77. The van der Waals surface area contributed by atoms with E-state index < -0.39 is 0 Å². The van der Waals surface area contributed by atoms with E-state index in [1.807, 2.05) is 24.3 Å². The van der Waals surface area contributed by atoms with E-state index in [0.29, 0.717) is 18.2 Å². The number of aromatic nitrogens is 1. The van der Waals surface area contributed by atoms with Crippen LogP contribution in [0.1, 0.15) is 31.2 Å². The molecule has 1 aromatic heterocycles. The lowest BCUT2D eigenvalue weighted by Gasteiger charge is -2.30. The number of likely N-dealkylation sites (N-methyl/N-ethyl adjacent to an activating group) is 1. The van der Waals surface area contributed by atoms with Crippen molar-refractivity contribution in [2.45, 2.75) is 26.8 Å². The number of ether oxygens (including phenoxy) is 2. The van der Waals surface area contributed by atoms with Crippen molar-refractivity contribution in [1.29, 1.82) is 0 Å². The van der Waals surface area contributed by atoms with Gasteiger partial charge in [0.2, 0.25) is 0 Å². The Morgan fingerprint density at radius 1 is 1.31 bits per heavy atom. The number of aryl methyl sites for hydroxylation is 1. The smallest absolute Gasteiger partial charge is 0.258 e. The summed E-state index contributed by atoms with van der Waals surface area (Å²) in [5, 5.41) is 6.65. The second-order valence-corrected chi connectivity index (χ2v) is 5.88. The van der Waals surface area contributed by atoms with Crippen molar-refractivity contribution in [2.75, 3.05) is 33.4 Å². The molecule has 0 bridgehead atoms. The van der Waals surface area contributed by atoms with Crippen LogP contribution in [0, 0.1) is 6.92 Å². The average molecular weight is 361 g/mol. The predicted molar refractivity (Wildman–Crippen MR) is 98.4 cm³/mol. The van der Waals surface area contributed by atoms with Crippen molar-refractivity contribution in [3.63, 3.8) is 0 Å². The molecule has 0 saturated carbocycles. The summed E-state index contributed by atoms with van der Waals surface area (Å²) in [5.41, 5.74) is 1.10. The highest BCUT2D eigenvalue weighted by Gasteiger charge is 2.19. The van der Waals surface area contributed by atoms with Crippen molar-refractivity contribution in [1.82, 2.24) is 15.4 Å². The van der Waals surface area contributed by atoms with Gasteiger partial charge in [0.25, 0.3) is 11.8 Å². The molecule has 0 aliphatic heterocycles. The number of nitrogens with one attached hydrogen (secondary N) is 1. The molecule has 1 aromatic carbocycles. The zero-order chi connectivity index (χ0) is 18.9. The summed E-state index contributed by atoms with van der Waals surface area (Å²) >= 11 is 0. The van der Waals surface area contributed by atoms with Crippen molar-refractivity contribution < 1.29 is 18.8 Å². The molecule has 1 atom stereocenters. The third kappa shape index (κ3) is 5.49. The normalized spacial score (nSPS) is 12.0. The predicted octanol–water partition coefficient (Wildman–Crippen LogP) is 2.57. The van der Waals surface area contributed by atoms with E-state index in [1.54, 1.807) is 20.1 Å². The van der Waals surface area contributed by atoms with Crippen LogP contribution in [0.2, 0.25) is 0 Å². The number of carbonyl (C=O) groups excluding carboxylic acids is 1. The number of methoxy groups -OCH3 is 1. The summed E-state index contributed by atoms with van der Waals surface area (Å²) in [7, 11) is 1.65. The Morgan fingerprint density at radius 2 is 2.08 bits per heavy atom. The van der Waals surface area contributed by atoms with E-state index in [4.69, 9.17) is 14.0 Å². The van der Waals surface area contributed by atoms with E-state index in [2.05, 4.69) is 29.2 Å². The van der Waals surface area contributed by atoms with Crippen LogP contribution < -0.4 is 14.8 Å². The van der Waals surface area contributed by atoms with Crippen molar-refractivity contribution in [3.05, 3.63) is 41.7 Å². The summed E-state index contributed by atoms with van der Waals surface area (Å²) in [6.45, 7) is 8.11. The molecule has 142 valence electrons. The summed E-state index contributed by atoms with van der Waals surface area (Å²) < 4.78 is 15.6. The SMILES string of the molecule is CCN(CC)C(CNC(=O)COc1cc(C)on1)c1cccc(OC)c1. The van der Waals surface area contributed by atoms with E-state index >= 15 is 0 Å². The largest absolute Gasteiger partial charge is 0.497 e. The first-order chi connectivity index (χ1) is 12.6. The Hall–Kier alpha value is -2.54. The number of hydrogen-bond acceptors (Lipinski definition) is 6. The molecule has 2 rings (SSSR count). The van der Waals surface area contributed by atoms with Gasteiger partial charge in [0.1, 0.15) is 11.5 Å². The van der Waals surface area contributed by atoms with Crippen LogP contribution in [0.15, 0.2) is 34.9 Å². The van der Waals surface area contributed by atoms with Crippen molar-refractivity contribution >= 4 is 5.91 Å². The lowest BCUT2D eigenvalue weighted by atomic mass is 10.0. The van der Waals surface area contributed by atoms with Gasteiger partial charge in [0.15, 0.2) is 6.61 Å². The fraction of sp³-hybridized carbons (Fsp3) is 0.474. The Morgan fingerprint density at radius 3 is 2.69 bits per heavy atom. The van der Waals surface area contributed by atoms with Gasteiger partial charge in [-0.15, -0.1) is 0 Å². The van der Waals surface area contributed by atoms with Gasteiger partial charge in [0, 0.05) is 12.6 Å². The molecule has 0 spiro atoms. The summed E-state index contributed by atoms with van der Waals surface area (Å²) in [4.78, 5) is 14.4. The Balaban J connectivity index is 1.98. The van der Waals surface area contributed by atoms with Crippen molar-refractivity contribution in [2.24, 2.45) is 0 Å². The van der Waals surface area contributed by atoms with Gasteiger partial charge in [-0.3, -0.25) is 9.69 Å². The molecular formula is C19H27N3O4. The van der Waals surface area contributed by atoms with Gasteiger partial charge in [-0.2, -0.15) is 0 Å². The standard InChI is InChI=1S/C19H27N3O4/c1-5-22(6-2)17(15-8-7-9-16(11-15)24-4)12-20-18(23)13-25-19-10-14(3)26-21-19/h7-11,17H,5-6,12-13H2,1-4H3,(H,20,23). The maximum absolute atomic E-state index is 12.1. The van der Waals surface area contributed by atoms with Crippen LogP contribution in [0.25, 0.3) is 0 Å². The van der Waals surface area contributed by atoms with Crippen LogP contribution >= 0.6 is 0 Å². The van der Waals surface area contributed by atoms with Gasteiger partial charge in [-0.25, -0.2) is 0 Å². The molecule has 0 radical (unpaired) electrons. The number of carbonyl (C=O) groups is 1. The van der Waals surface area contributed by atoms with Crippen LogP contribution in [0.5, 0.6) is 11.6 Å². The van der Waals surface area contributed by atoms with E-state index in [9.17, 15) is 4.79 Å². The molecule has 7 nitrogen and oxygen atoms in total. The Bertz CT molecular complexity index is 698. The molecule has 0 aliphatic carbocycles. The fourth-order valence-corrected chi connectivity index (χ4v) is 2.78. The van der Waals surface area contributed by atoms with Crippen LogP contribution in [-0.2, 0) is 4.79 Å². The van der Waals surface area contributed by atoms with Gasteiger partial charge in [0.05, 0.1) is 13.2 Å². The lowest BCUT2D eigenvalue weighted by Crippen LogP contribution is -2.39. The maximum atomic E-state index is 12.1. The highest BCUT2D eigenvalue weighted by atomic mass is 16.5. The summed E-state index contributed by atoms with van der Waals surface area (Å²) in [6.07, 6.45) is 0. The third-order valence-corrected chi connectivity index (χ3v) is 4.18. The van der Waals surface area contributed by atoms with Gasteiger partial charge < -0.3 is 19.3 Å². The minimum Gasteiger partial charge on any atom is -0.497 e. The highest BCUT2D eigenvalue weighted by Crippen LogP contribution is 2.23. The Kier molecular flexibility index (Phi) is 7.47. The second-order valence-electron chi connectivity index (χ2n) is 5.88. The second kappa shape index (κ2) is 9.82. The lowest BCUT2D eigenvalue weighted by molar-refractivity contribution is -0.123. The first-order valence-electron chi connectivity index (χ1n) is 8.78. The summed E-state index contributed by atoms with van der Waals surface area (Å²) in [5.74, 6) is 1.55. The average Bonchev–Trinajstić information content (AvgIpc) is 3.08. The molecule has 7 heteroatoms. The zero-order valence-electron chi connectivity index (χ0n) is 15.8. The molecule has 1 amide bonds. The third-order valence-electron chi connectivity index (χ3n) is 4.18. The molecule has 0 aliphatic rings. The fourth-order valence-electron chi connectivity index (χ4n) is 2.78. The maximum Gasteiger partial charge on any atom is 0.258 e. The quantitative estimate of drug-likeness (QED) is 0.701. The zero-order valence-corrected chi connectivity index (χ0v) is 15.8. The van der Waals surface area contributed by atoms with Gasteiger partial charge >= 0.3 is 0 Å². The monoisotopic (exact) mass is 361 g/mol. The molecular weight excluding hydrogens is 334 g/mol. The van der Waals surface area contributed by atoms with Crippen LogP contribution in [-0.4, -0.2) is 49.3 Å². The Labute approximate surface area is 154 Å².